The van der Waals surface area contributed by atoms with Crippen LogP contribution in [0.3, 0.4) is 0 Å². The lowest BCUT2D eigenvalue weighted by atomic mass is 9.71. The fraction of sp³-hybridized carbons (Fsp3) is 0.625. The first-order chi connectivity index (χ1) is 9.20. The molecule has 2 fully saturated rings. The highest BCUT2D eigenvalue weighted by Gasteiger charge is 2.44. The Labute approximate surface area is 115 Å². The molecule has 1 saturated heterocycles. The van der Waals surface area contributed by atoms with E-state index < -0.39 is 0 Å². The summed E-state index contributed by atoms with van der Waals surface area (Å²) in [4.78, 5) is 2.25. The fourth-order valence-electron chi connectivity index (χ4n) is 3.63. The summed E-state index contributed by atoms with van der Waals surface area (Å²) in [7, 11) is 2.11. The van der Waals surface area contributed by atoms with E-state index in [1.165, 1.54) is 37.7 Å². The highest BCUT2D eigenvalue weighted by molar-refractivity contribution is 5.31. The second kappa shape index (κ2) is 5.14. The second-order valence-corrected chi connectivity index (χ2v) is 6.08. The molecule has 1 N–H and O–H groups in total. The van der Waals surface area contributed by atoms with Gasteiger partial charge in [-0.2, -0.15) is 0 Å². The molecule has 1 aliphatic carbocycles. The molecule has 0 amide bonds. The van der Waals surface area contributed by atoms with Crippen LogP contribution in [0.5, 0.6) is 5.75 Å². The van der Waals surface area contributed by atoms with E-state index in [0.717, 1.165) is 13.3 Å². The summed E-state index contributed by atoms with van der Waals surface area (Å²) >= 11 is 0. The predicted octanol–water partition coefficient (Wildman–Crippen LogP) is 3.10. The van der Waals surface area contributed by atoms with Gasteiger partial charge in [-0.3, -0.25) is 4.90 Å². The molecule has 1 aromatic rings. The van der Waals surface area contributed by atoms with Crippen molar-refractivity contribution in [3.8, 4) is 5.75 Å². The monoisotopic (exact) mass is 261 g/mol. The largest absolute Gasteiger partial charge is 0.508 e. The molecule has 1 atom stereocenters. The van der Waals surface area contributed by atoms with Crippen LogP contribution in [0.1, 0.15) is 43.6 Å². The summed E-state index contributed by atoms with van der Waals surface area (Å²) in [6.45, 7) is 1.79. The van der Waals surface area contributed by atoms with Crippen molar-refractivity contribution in [1.29, 1.82) is 0 Å². The average Bonchev–Trinajstić information content (AvgIpc) is 2.44. The van der Waals surface area contributed by atoms with Crippen molar-refractivity contribution in [2.75, 3.05) is 20.3 Å². The molecular weight excluding hydrogens is 238 g/mol. The molecule has 0 aromatic heterocycles. The molecule has 1 aromatic carbocycles. The number of hydrogen-bond donors (Lipinski definition) is 1. The van der Waals surface area contributed by atoms with E-state index in [2.05, 4.69) is 24.1 Å². The third kappa shape index (κ3) is 2.49. The summed E-state index contributed by atoms with van der Waals surface area (Å²) < 4.78 is 6.28. The van der Waals surface area contributed by atoms with Gasteiger partial charge in [-0.1, -0.05) is 31.4 Å². The van der Waals surface area contributed by atoms with Gasteiger partial charge in [0.25, 0.3) is 0 Å². The van der Waals surface area contributed by atoms with Crippen LogP contribution in [0.15, 0.2) is 24.3 Å². The van der Waals surface area contributed by atoms with Gasteiger partial charge < -0.3 is 9.84 Å². The Balaban J connectivity index is 1.91. The lowest BCUT2D eigenvalue weighted by molar-refractivity contribution is -0.161. The Morgan fingerprint density at radius 3 is 2.53 bits per heavy atom. The van der Waals surface area contributed by atoms with Crippen molar-refractivity contribution in [3.05, 3.63) is 29.8 Å². The zero-order valence-electron chi connectivity index (χ0n) is 11.6. The minimum Gasteiger partial charge on any atom is -0.508 e. The quantitative estimate of drug-likeness (QED) is 0.843. The van der Waals surface area contributed by atoms with Gasteiger partial charge >= 0.3 is 0 Å². The van der Waals surface area contributed by atoms with E-state index in [-0.39, 0.29) is 5.60 Å². The molecule has 2 aliphatic rings. The second-order valence-electron chi connectivity index (χ2n) is 6.08. The number of nitrogens with zero attached hydrogens (tertiary/aromatic N) is 1. The maximum atomic E-state index is 9.47. The number of phenols is 1. The SMILES string of the molecule is CN1COC2(CCCCC2)[C@H](c2ccc(O)cc2)C1. The van der Waals surface area contributed by atoms with Crippen LogP contribution < -0.4 is 0 Å². The Morgan fingerprint density at radius 1 is 1.16 bits per heavy atom. The van der Waals surface area contributed by atoms with Crippen LogP contribution in [-0.2, 0) is 4.74 Å². The normalized spacial score (nSPS) is 27.5. The van der Waals surface area contributed by atoms with E-state index in [1.807, 2.05) is 0 Å². The Kier molecular flexibility index (Phi) is 3.50. The van der Waals surface area contributed by atoms with Gasteiger partial charge in [-0.05, 0) is 37.6 Å². The van der Waals surface area contributed by atoms with Gasteiger partial charge in [0.15, 0.2) is 0 Å². The minimum atomic E-state index is 0.0295. The zero-order valence-corrected chi connectivity index (χ0v) is 11.6. The Bertz CT molecular complexity index is 423. The molecule has 104 valence electrons. The molecule has 1 saturated carbocycles. The molecule has 0 unspecified atom stereocenters. The average molecular weight is 261 g/mol. The highest BCUT2D eigenvalue weighted by Crippen LogP contribution is 2.45. The molecular formula is C16H23NO2. The molecule has 1 heterocycles. The van der Waals surface area contributed by atoms with Gasteiger partial charge in [0, 0.05) is 12.5 Å². The van der Waals surface area contributed by atoms with E-state index in [4.69, 9.17) is 4.74 Å². The van der Waals surface area contributed by atoms with Crippen LogP contribution in [0.25, 0.3) is 0 Å². The fourth-order valence-corrected chi connectivity index (χ4v) is 3.63. The van der Waals surface area contributed by atoms with E-state index in [0.29, 0.717) is 11.7 Å². The number of phenolic OH excluding ortho intramolecular Hbond substituents is 1. The number of hydrogen-bond acceptors (Lipinski definition) is 3. The molecule has 0 radical (unpaired) electrons. The van der Waals surface area contributed by atoms with Gasteiger partial charge in [0.1, 0.15) is 5.75 Å². The summed E-state index contributed by atoms with van der Waals surface area (Å²) in [6, 6.07) is 7.69. The van der Waals surface area contributed by atoms with Gasteiger partial charge in [-0.15, -0.1) is 0 Å². The lowest BCUT2D eigenvalue weighted by Crippen LogP contribution is -2.52. The Morgan fingerprint density at radius 2 is 1.84 bits per heavy atom. The Hall–Kier alpha value is -1.06. The first-order valence-corrected chi connectivity index (χ1v) is 7.31. The zero-order chi connectivity index (χ0) is 13.3. The maximum Gasteiger partial charge on any atom is 0.115 e. The minimum absolute atomic E-state index is 0.0295. The standard InChI is InChI=1S/C16H23NO2/c1-17-11-15(13-5-7-14(18)8-6-13)16(19-12-17)9-3-2-4-10-16/h5-8,15,18H,2-4,9-12H2,1H3/t15-/m0/s1. The van der Waals surface area contributed by atoms with Crippen molar-refractivity contribution in [1.82, 2.24) is 4.90 Å². The summed E-state index contributed by atoms with van der Waals surface area (Å²) in [5, 5.41) is 9.47. The first-order valence-electron chi connectivity index (χ1n) is 7.31. The smallest absolute Gasteiger partial charge is 0.115 e. The molecule has 3 nitrogen and oxygen atoms in total. The van der Waals surface area contributed by atoms with Crippen LogP contribution in [0.4, 0.5) is 0 Å². The third-order valence-electron chi connectivity index (χ3n) is 4.70. The van der Waals surface area contributed by atoms with Gasteiger partial charge in [0.05, 0.1) is 12.3 Å². The molecule has 3 rings (SSSR count). The molecule has 1 aliphatic heterocycles. The van der Waals surface area contributed by atoms with E-state index >= 15 is 0 Å². The molecule has 1 spiro atoms. The van der Waals surface area contributed by atoms with Crippen molar-refractivity contribution >= 4 is 0 Å². The van der Waals surface area contributed by atoms with Crippen molar-refractivity contribution in [2.24, 2.45) is 0 Å². The number of rotatable bonds is 1. The third-order valence-corrected chi connectivity index (χ3v) is 4.70. The number of benzene rings is 1. The van der Waals surface area contributed by atoms with Crippen LogP contribution >= 0.6 is 0 Å². The highest BCUT2D eigenvalue weighted by atomic mass is 16.5. The summed E-state index contributed by atoms with van der Waals surface area (Å²) in [6.07, 6.45) is 6.23. The van der Waals surface area contributed by atoms with E-state index in [1.54, 1.807) is 12.1 Å². The molecule has 3 heteroatoms. The topological polar surface area (TPSA) is 32.7 Å². The molecule has 19 heavy (non-hydrogen) atoms. The number of ether oxygens (including phenoxy) is 1. The number of likely N-dealkylation sites (N-methyl/N-ethyl adjacent to an activating group) is 1. The van der Waals surface area contributed by atoms with Crippen LogP contribution in [-0.4, -0.2) is 35.9 Å². The van der Waals surface area contributed by atoms with Crippen molar-refractivity contribution in [2.45, 2.75) is 43.6 Å². The maximum absolute atomic E-state index is 9.47. The predicted molar refractivity (Wildman–Crippen MR) is 75.2 cm³/mol. The van der Waals surface area contributed by atoms with Crippen molar-refractivity contribution in [3.63, 3.8) is 0 Å². The molecule has 0 bridgehead atoms. The number of aromatic hydroxyl groups is 1. The van der Waals surface area contributed by atoms with E-state index in [9.17, 15) is 5.11 Å². The summed E-state index contributed by atoms with van der Waals surface area (Å²) in [5.41, 5.74) is 1.33. The van der Waals surface area contributed by atoms with Crippen LogP contribution in [0.2, 0.25) is 0 Å². The lowest BCUT2D eigenvalue weighted by Gasteiger charge is -2.49. The van der Waals surface area contributed by atoms with Crippen LogP contribution in [0, 0.1) is 0 Å². The van der Waals surface area contributed by atoms with Crippen molar-refractivity contribution < 1.29 is 9.84 Å². The first kappa shape index (κ1) is 12.9. The summed E-state index contributed by atoms with van der Waals surface area (Å²) in [5.74, 6) is 0.763. The van der Waals surface area contributed by atoms with Gasteiger partial charge in [-0.25, -0.2) is 0 Å². The van der Waals surface area contributed by atoms with Gasteiger partial charge in [0.2, 0.25) is 0 Å².